The van der Waals surface area contributed by atoms with Crippen LogP contribution in [0, 0.1) is 17.6 Å². The van der Waals surface area contributed by atoms with Crippen LogP contribution >= 0.6 is 0 Å². The number of benzene rings is 1. The smallest absolute Gasteiger partial charge is 0.225 e. The van der Waals surface area contributed by atoms with E-state index in [0.717, 1.165) is 6.07 Å². The van der Waals surface area contributed by atoms with Crippen molar-refractivity contribution >= 4 is 5.91 Å². The third-order valence-corrected chi connectivity index (χ3v) is 3.84. The Labute approximate surface area is 146 Å². The van der Waals surface area contributed by atoms with Gasteiger partial charge in [0.2, 0.25) is 5.91 Å². The van der Waals surface area contributed by atoms with Gasteiger partial charge in [-0.1, -0.05) is 19.9 Å². The topological polar surface area (TPSA) is 47.4 Å². The van der Waals surface area contributed by atoms with Crippen LogP contribution in [-0.4, -0.2) is 40.6 Å². The molecule has 5 nitrogen and oxygen atoms in total. The first-order chi connectivity index (χ1) is 11.9. The summed E-state index contributed by atoms with van der Waals surface area (Å²) < 4.78 is 33.3. The van der Waals surface area contributed by atoms with Gasteiger partial charge in [-0.3, -0.25) is 4.79 Å². The standard InChI is InChI=1S/C18H23F2N3O2/c1-13(2)18(24)23(8-9-25-3)12-17-21-6-7-22(17)11-14-4-5-15(19)16(20)10-14/h4-7,10,13H,8-9,11-12H2,1-3H3. The lowest BCUT2D eigenvalue weighted by Gasteiger charge is -2.24. The van der Waals surface area contributed by atoms with Gasteiger partial charge in [0.1, 0.15) is 5.82 Å². The van der Waals surface area contributed by atoms with Crippen LogP contribution in [0.25, 0.3) is 0 Å². The Balaban J connectivity index is 2.15. The molecule has 0 aliphatic rings. The highest BCUT2D eigenvalue weighted by Crippen LogP contribution is 2.13. The monoisotopic (exact) mass is 351 g/mol. The summed E-state index contributed by atoms with van der Waals surface area (Å²) in [6.07, 6.45) is 3.38. The summed E-state index contributed by atoms with van der Waals surface area (Å²) in [6.45, 7) is 5.26. The number of hydrogen-bond donors (Lipinski definition) is 0. The van der Waals surface area contributed by atoms with E-state index in [9.17, 15) is 13.6 Å². The van der Waals surface area contributed by atoms with E-state index >= 15 is 0 Å². The van der Waals surface area contributed by atoms with Crippen molar-refractivity contribution < 1.29 is 18.3 Å². The molecular weight excluding hydrogens is 328 g/mol. The van der Waals surface area contributed by atoms with E-state index in [0.29, 0.717) is 37.6 Å². The number of aromatic nitrogens is 2. The van der Waals surface area contributed by atoms with Crippen LogP contribution in [0.3, 0.4) is 0 Å². The highest BCUT2D eigenvalue weighted by atomic mass is 19.2. The quantitative estimate of drug-likeness (QED) is 0.735. The van der Waals surface area contributed by atoms with Gasteiger partial charge in [0, 0.05) is 38.5 Å². The lowest BCUT2D eigenvalue weighted by Crippen LogP contribution is -2.37. The van der Waals surface area contributed by atoms with Crippen molar-refractivity contribution in [3.8, 4) is 0 Å². The molecular formula is C18H23F2N3O2. The van der Waals surface area contributed by atoms with E-state index in [2.05, 4.69) is 4.98 Å². The number of nitrogens with zero attached hydrogens (tertiary/aromatic N) is 3. The number of rotatable bonds is 8. The molecule has 0 fully saturated rings. The first-order valence-electron chi connectivity index (χ1n) is 8.14. The average Bonchev–Trinajstić information content (AvgIpc) is 3.01. The number of carbonyl (C=O) groups excluding carboxylic acids is 1. The van der Waals surface area contributed by atoms with Crippen LogP contribution in [0.2, 0.25) is 0 Å². The summed E-state index contributed by atoms with van der Waals surface area (Å²) in [5.41, 5.74) is 0.622. The first-order valence-corrected chi connectivity index (χ1v) is 8.14. The third kappa shape index (κ3) is 5.09. The molecule has 0 saturated carbocycles. The van der Waals surface area contributed by atoms with Gasteiger partial charge in [0.05, 0.1) is 13.2 Å². The van der Waals surface area contributed by atoms with Gasteiger partial charge in [0.15, 0.2) is 11.6 Å². The maximum atomic E-state index is 13.4. The lowest BCUT2D eigenvalue weighted by molar-refractivity contribution is -0.135. The number of carbonyl (C=O) groups is 1. The van der Waals surface area contributed by atoms with Crippen LogP contribution < -0.4 is 0 Å². The highest BCUT2D eigenvalue weighted by molar-refractivity contribution is 5.78. The normalized spacial score (nSPS) is 11.1. The van der Waals surface area contributed by atoms with Gasteiger partial charge < -0.3 is 14.2 Å². The van der Waals surface area contributed by atoms with Gasteiger partial charge in [-0.25, -0.2) is 13.8 Å². The molecule has 0 saturated heterocycles. The molecule has 0 atom stereocenters. The molecule has 1 heterocycles. The fraction of sp³-hybridized carbons (Fsp3) is 0.444. The second-order valence-corrected chi connectivity index (χ2v) is 6.13. The Morgan fingerprint density at radius 3 is 2.72 bits per heavy atom. The van der Waals surface area contributed by atoms with Crippen molar-refractivity contribution in [2.24, 2.45) is 5.92 Å². The SMILES string of the molecule is COCCN(Cc1nccn1Cc1ccc(F)c(F)c1)C(=O)C(C)C. The van der Waals surface area contributed by atoms with Crippen molar-refractivity contribution in [3.63, 3.8) is 0 Å². The molecule has 0 bridgehead atoms. The second-order valence-electron chi connectivity index (χ2n) is 6.13. The lowest BCUT2D eigenvalue weighted by atomic mass is 10.2. The van der Waals surface area contributed by atoms with Crippen molar-refractivity contribution in [2.75, 3.05) is 20.3 Å². The highest BCUT2D eigenvalue weighted by Gasteiger charge is 2.19. The van der Waals surface area contributed by atoms with Gasteiger partial charge >= 0.3 is 0 Å². The van der Waals surface area contributed by atoms with E-state index in [-0.39, 0.29) is 11.8 Å². The maximum Gasteiger partial charge on any atom is 0.225 e. The zero-order chi connectivity index (χ0) is 18.4. The molecule has 2 aromatic rings. The molecule has 0 spiro atoms. The maximum absolute atomic E-state index is 13.4. The fourth-order valence-electron chi connectivity index (χ4n) is 2.47. The molecule has 1 amide bonds. The van der Waals surface area contributed by atoms with Crippen LogP contribution in [0.5, 0.6) is 0 Å². The minimum Gasteiger partial charge on any atom is -0.383 e. The van der Waals surface area contributed by atoms with E-state index in [1.165, 1.54) is 12.1 Å². The molecule has 25 heavy (non-hydrogen) atoms. The summed E-state index contributed by atoms with van der Waals surface area (Å²) in [6, 6.07) is 3.81. The number of amides is 1. The van der Waals surface area contributed by atoms with Crippen molar-refractivity contribution in [2.45, 2.75) is 26.9 Å². The van der Waals surface area contributed by atoms with Gasteiger partial charge in [-0.15, -0.1) is 0 Å². The zero-order valence-corrected chi connectivity index (χ0v) is 14.7. The molecule has 2 rings (SSSR count). The fourth-order valence-corrected chi connectivity index (χ4v) is 2.47. The van der Waals surface area contributed by atoms with Gasteiger partial charge in [-0.05, 0) is 17.7 Å². The third-order valence-electron chi connectivity index (χ3n) is 3.84. The molecule has 136 valence electrons. The second kappa shape index (κ2) is 8.71. The summed E-state index contributed by atoms with van der Waals surface area (Å²) in [4.78, 5) is 18.4. The number of imidazole rings is 1. The Hall–Kier alpha value is -2.28. The Kier molecular flexibility index (Phi) is 6.64. The van der Waals surface area contributed by atoms with E-state index in [4.69, 9.17) is 4.74 Å². The average molecular weight is 351 g/mol. The van der Waals surface area contributed by atoms with Crippen LogP contribution in [0.1, 0.15) is 25.2 Å². The minimum absolute atomic E-state index is 0.0134. The van der Waals surface area contributed by atoms with Crippen molar-refractivity contribution in [1.29, 1.82) is 0 Å². The number of hydrogen-bond acceptors (Lipinski definition) is 3. The van der Waals surface area contributed by atoms with Gasteiger partial charge in [0.25, 0.3) is 0 Å². The molecule has 1 aromatic heterocycles. The number of ether oxygens (including phenoxy) is 1. The molecule has 7 heteroatoms. The van der Waals surface area contributed by atoms with E-state index in [1.807, 2.05) is 18.4 Å². The summed E-state index contributed by atoms with van der Waals surface area (Å²) >= 11 is 0. The van der Waals surface area contributed by atoms with Crippen molar-refractivity contribution in [3.05, 3.63) is 53.6 Å². The van der Waals surface area contributed by atoms with Crippen molar-refractivity contribution in [1.82, 2.24) is 14.5 Å². The Bertz CT molecular complexity index is 716. The predicted octanol–water partition coefficient (Wildman–Crippen LogP) is 2.84. The zero-order valence-electron chi connectivity index (χ0n) is 14.7. The number of methoxy groups -OCH3 is 1. The molecule has 0 N–H and O–H groups in total. The molecule has 0 unspecified atom stereocenters. The summed E-state index contributed by atoms with van der Waals surface area (Å²) in [5.74, 6) is -1.19. The largest absolute Gasteiger partial charge is 0.383 e. The molecule has 0 radical (unpaired) electrons. The van der Waals surface area contributed by atoms with Gasteiger partial charge in [-0.2, -0.15) is 0 Å². The first kappa shape index (κ1) is 19.1. The molecule has 1 aromatic carbocycles. The van der Waals surface area contributed by atoms with Crippen LogP contribution in [-0.2, 0) is 22.6 Å². The van der Waals surface area contributed by atoms with Crippen LogP contribution in [0.15, 0.2) is 30.6 Å². The molecule has 0 aliphatic heterocycles. The summed E-state index contributed by atoms with van der Waals surface area (Å²) in [7, 11) is 1.59. The number of halogens is 2. The molecule has 0 aliphatic carbocycles. The van der Waals surface area contributed by atoms with Crippen LogP contribution in [0.4, 0.5) is 8.78 Å². The predicted molar refractivity (Wildman–Crippen MR) is 89.8 cm³/mol. The summed E-state index contributed by atoms with van der Waals surface area (Å²) in [5, 5.41) is 0. The van der Waals surface area contributed by atoms with E-state index < -0.39 is 11.6 Å². The Morgan fingerprint density at radius 1 is 1.32 bits per heavy atom. The van der Waals surface area contributed by atoms with E-state index in [1.54, 1.807) is 24.4 Å². The Morgan fingerprint density at radius 2 is 2.08 bits per heavy atom. The minimum atomic E-state index is -0.879.